The molecule has 0 aromatic heterocycles. The minimum atomic E-state index is -0.491. The van der Waals surface area contributed by atoms with E-state index in [9.17, 15) is 10.1 Å². The summed E-state index contributed by atoms with van der Waals surface area (Å²) in [6.45, 7) is 2.31. The number of hydrogen-bond donors (Lipinski definition) is 3. The summed E-state index contributed by atoms with van der Waals surface area (Å²) in [5.74, 6) is 5.30. The van der Waals surface area contributed by atoms with Crippen LogP contribution in [0.5, 0.6) is 0 Å². The van der Waals surface area contributed by atoms with Gasteiger partial charge in [0, 0.05) is 32.8 Å². The number of ether oxygens (including phenoxy) is 1. The number of nitro groups is 1. The summed E-state index contributed by atoms with van der Waals surface area (Å²) in [6.07, 6.45) is 0. The first-order valence-electron chi connectivity index (χ1n) is 6.18. The Morgan fingerprint density at radius 3 is 2.80 bits per heavy atom. The zero-order valence-electron chi connectivity index (χ0n) is 11.4. The van der Waals surface area contributed by atoms with Crippen LogP contribution < -0.4 is 11.3 Å². The minimum Gasteiger partial charge on any atom is -0.395 e. The molecule has 112 valence electrons. The number of nitrogens with one attached hydrogen (secondary N) is 1. The molecule has 8 nitrogen and oxygen atoms in total. The Kier molecular flexibility index (Phi) is 6.88. The summed E-state index contributed by atoms with van der Waals surface area (Å²) < 4.78 is 5.01. The van der Waals surface area contributed by atoms with Gasteiger partial charge in [0.2, 0.25) is 0 Å². The molecule has 0 spiro atoms. The number of benzene rings is 1. The van der Waals surface area contributed by atoms with Gasteiger partial charge in [0.15, 0.2) is 0 Å². The molecule has 8 heteroatoms. The van der Waals surface area contributed by atoms with Gasteiger partial charge in [0.1, 0.15) is 5.69 Å². The summed E-state index contributed by atoms with van der Waals surface area (Å²) in [7, 11) is 1.61. The van der Waals surface area contributed by atoms with Crippen LogP contribution in [-0.2, 0) is 11.3 Å². The maximum Gasteiger partial charge on any atom is 0.293 e. The molecule has 0 aliphatic rings. The zero-order chi connectivity index (χ0) is 15.0. The van der Waals surface area contributed by atoms with Gasteiger partial charge >= 0.3 is 0 Å². The molecule has 0 fully saturated rings. The van der Waals surface area contributed by atoms with Gasteiger partial charge in [-0.25, -0.2) is 0 Å². The molecule has 0 saturated carbocycles. The van der Waals surface area contributed by atoms with Gasteiger partial charge in [-0.05, 0) is 11.6 Å². The second-order valence-electron chi connectivity index (χ2n) is 4.25. The molecule has 0 unspecified atom stereocenters. The Morgan fingerprint density at radius 2 is 2.25 bits per heavy atom. The molecule has 1 rings (SSSR count). The van der Waals surface area contributed by atoms with Gasteiger partial charge in [0.25, 0.3) is 5.69 Å². The minimum absolute atomic E-state index is 0.0404. The molecule has 4 N–H and O–H groups in total. The lowest BCUT2D eigenvalue weighted by Crippen LogP contribution is -2.29. The average molecular weight is 284 g/mol. The van der Waals surface area contributed by atoms with Crippen molar-refractivity contribution in [2.24, 2.45) is 5.84 Å². The highest BCUT2D eigenvalue weighted by atomic mass is 16.6. The molecule has 0 amide bonds. The van der Waals surface area contributed by atoms with E-state index >= 15 is 0 Å². The van der Waals surface area contributed by atoms with E-state index in [0.29, 0.717) is 26.2 Å². The Bertz CT molecular complexity index is 441. The number of hydrogen-bond acceptors (Lipinski definition) is 7. The Balaban J connectivity index is 2.81. The number of aliphatic hydroxyl groups excluding tert-OH is 1. The second kappa shape index (κ2) is 8.43. The van der Waals surface area contributed by atoms with E-state index in [1.54, 1.807) is 19.2 Å². The quantitative estimate of drug-likeness (QED) is 0.340. The van der Waals surface area contributed by atoms with Crippen molar-refractivity contribution in [2.75, 3.05) is 38.8 Å². The van der Waals surface area contributed by atoms with Crippen LogP contribution in [0.1, 0.15) is 5.56 Å². The summed E-state index contributed by atoms with van der Waals surface area (Å²) in [5.41, 5.74) is 3.40. The number of hydrazine groups is 1. The third kappa shape index (κ3) is 4.74. The first-order valence-corrected chi connectivity index (χ1v) is 6.18. The van der Waals surface area contributed by atoms with E-state index in [4.69, 9.17) is 15.7 Å². The van der Waals surface area contributed by atoms with Crippen molar-refractivity contribution < 1.29 is 14.8 Å². The summed E-state index contributed by atoms with van der Waals surface area (Å²) in [6, 6.07) is 4.73. The van der Waals surface area contributed by atoms with Crippen molar-refractivity contribution >= 4 is 11.4 Å². The van der Waals surface area contributed by atoms with Gasteiger partial charge in [-0.2, -0.15) is 0 Å². The molecule has 0 heterocycles. The van der Waals surface area contributed by atoms with E-state index in [-0.39, 0.29) is 18.0 Å². The fourth-order valence-corrected chi connectivity index (χ4v) is 1.85. The molecule has 1 aromatic carbocycles. The van der Waals surface area contributed by atoms with Crippen LogP contribution in [0.4, 0.5) is 11.4 Å². The van der Waals surface area contributed by atoms with E-state index in [1.165, 1.54) is 6.07 Å². The predicted octanol–water partition coefficient (Wildman–Crippen LogP) is 0.321. The molecule has 0 radical (unpaired) electrons. The van der Waals surface area contributed by atoms with Crippen molar-refractivity contribution in [3.8, 4) is 0 Å². The number of rotatable bonds is 9. The normalized spacial score (nSPS) is 10.8. The molecule has 0 bridgehead atoms. The zero-order valence-corrected chi connectivity index (χ0v) is 11.4. The number of aliphatic hydroxyl groups is 1. The number of methoxy groups -OCH3 is 1. The van der Waals surface area contributed by atoms with Crippen LogP contribution in [0.3, 0.4) is 0 Å². The van der Waals surface area contributed by atoms with Crippen molar-refractivity contribution in [2.45, 2.75) is 6.54 Å². The summed E-state index contributed by atoms with van der Waals surface area (Å²) >= 11 is 0. The lowest BCUT2D eigenvalue weighted by molar-refractivity contribution is -0.384. The first-order chi connectivity index (χ1) is 9.62. The van der Waals surface area contributed by atoms with Crippen LogP contribution in [0.25, 0.3) is 0 Å². The third-order valence-electron chi connectivity index (χ3n) is 2.85. The van der Waals surface area contributed by atoms with Gasteiger partial charge in [-0.3, -0.25) is 20.9 Å². The van der Waals surface area contributed by atoms with Crippen LogP contribution >= 0.6 is 0 Å². The molecule has 20 heavy (non-hydrogen) atoms. The number of nitrogen functional groups attached to an aromatic ring is 1. The Hall–Kier alpha value is -1.74. The smallest absolute Gasteiger partial charge is 0.293 e. The maximum absolute atomic E-state index is 10.8. The monoisotopic (exact) mass is 284 g/mol. The largest absolute Gasteiger partial charge is 0.395 e. The van der Waals surface area contributed by atoms with Crippen molar-refractivity contribution in [3.05, 3.63) is 33.9 Å². The SMILES string of the molecule is COCCN(CCO)Cc1ccc([N+](=O)[O-])c(NN)c1. The molecular weight excluding hydrogens is 264 g/mol. The predicted molar refractivity (Wildman–Crippen MR) is 75.1 cm³/mol. The molecule has 0 aliphatic carbocycles. The lowest BCUT2D eigenvalue weighted by Gasteiger charge is -2.21. The molecule has 0 aliphatic heterocycles. The van der Waals surface area contributed by atoms with Crippen LogP contribution in [-0.4, -0.2) is 48.3 Å². The number of nitrogens with zero attached hydrogens (tertiary/aromatic N) is 2. The number of nitrogens with two attached hydrogens (primary N) is 1. The van der Waals surface area contributed by atoms with E-state index in [0.717, 1.165) is 5.56 Å². The third-order valence-corrected chi connectivity index (χ3v) is 2.85. The van der Waals surface area contributed by atoms with Crippen molar-refractivity contribution in [1.29, 1.82) is 0 Å². The average Bonchev–Trinajstić information content (AvgIpc) is 2.44. The van der Waals surface area contributed by atoms with Gasteiger partial charge in [-0.15, -0.1) is 0 Å². The summed E-state index contributed by atoms with van der Waals surface area (Å²) in [4.78, 5) is 12.3. The van der Waals surface area contributed by atoms with Crippen LogP contribution in [0.2, 0.25) is 0 Å². The Labute approximate surface area is 117 Å². The fourth-order valence-electron chi connectivity index (χ4n) is 1.85. The highest BCUT2D eigenvalue weighted by Crippen LogP contribution is 2.25. The molecule has 0 saturated heterocycles. The highest BCUT2D eigenvalue weighted by molar-refractivity contribution is 5.62. The standard InChI is InChI=1S/C12H20N4O4/c1-20-7-5-15(4-6-17)9-10-2-3-12(16(18)19)11(8-10)14-13/h2-3,8,14,17H,4-7,9,13H2,1H3. The lowest BCUT2D eigenvalue weighted by atomic mass is 10.1. The molecule has 1 aromatic rings. The van der Waals surface area contributed by atoms with Gasteiger partial charge in [0.05, 0.1) is 18.1 Å². The second-order valence-corrected chi connectivity index (χ2v) is 4.25. The topological polar surface area (TPSA) is 114 Å². The Morgan fingerprint density at radius 1 is 1.50 bits per heavy atom. The highest BCUT2D eigenvalue weighted by Gasteiger charge is 2.14. The molecule has 0 atom stereocenters. The number of anilines is 1. The van der Waals surface area contributed by atoms with E-state index in [2.05, 4.69) is 5.43 Å². The fraction of sp³-hybridized carbons (Fsp3) is 0.500. The van der Waals surface area contributed by atoms with Crippen LogP contribution in [0, 0.1) is 10.1 Å². The number of nitro benzene ring substituents is 1. The maximum atomic E-state index is 10.8. The molecular formula is C12H20N4O4. The van der Waals surface area contributed by atoms with Gasteiger partial charge < -0.3 is 15.3 Å². The van der Waals surface area contributed by atoms with E-state index in [1.807, 2.05) is 4.90 Å². The first kappa shape index (κ1) is 16.3. The van der Waals surface area contributed by atoms with Gasteiger partial charge in [-0.1, -0.05) is 6.07 Å². The van der Waals surface area contributed by atoms with Crippen LogP contribution in [0.15, 0.2) is 18.2 Å². The van der Waals surface area contributed by atoms with E-state index < -0.39 is 4.92 Å². The van der Waals surface area contributed by atoms with Crippen molar-refractivity contribution in [3.63, 3.8) is 0 Å². The summed E-state index contributed by atoms with van der Waals surface area (Å²) in [5, 5.41) is 19.8. The van der Waals surface area contributed by atoms with Crippen molar-refractivity contribution in [1.82, 2.24) is 4.90 Å².